The third-order valence-corrected chi connectivity index (χ3v) is 3.12. The van der Waals surface area contributed by atoms with E-state index in [-0.39, 0.29) is 5.75 Å². The molecule has 0 aliphatic heterocycles. The van der Waals surface area contributed by atoms with Gasteiger partial charge in [-0.3, -0.25) is 0 Å². The van der Waals surface area contributed by atoms with Crippen LogP contribution in [0.4, 0.5) is 0 Å². The standard InChI is InChI=1S/C10H13NO4S/c1-3-16(13,14)11-9-6-4-8(5-7-9)10(12)15-2/h4-7,12H,3H2,1-2H3/p-1. The van der Waals surface area contributed by atoms with Gasteiger partial charge in [0, 0.05) is 0 Å². The highest BCUT2D eigenvalue weighted by atomic mass is 32.2. The lowest BCUT2D eigenvalue weighted by molar-refractivity contribution is -0.354. The van der Waals surface area contributed by atoms with Crippen LogP contribution in [0, 0.1) is 0 Å². The van der Waals surface area contributed by atoms with Crippen LogP contribution in [0.2, 0.25) is 0 Å². The lowest BCUT2D eigenvalue weighted by Crippen LogP contribution is -2.10. The number of hydrogen-bond acceptors (Lipinski definition) is 4. The number of ether oxygens (including phenoxy) is 1. The zero-order valence-electron chi connectivity index (χ0n) is 9.00. The zero-order chi connectivity index (χ0) is 12.2. The van der Waals surface area contributed by atoms with Gasteiger partial charge in [0.05, 0.1) is 17.4 Å². The smallest absolute Gasteiger partial charge is 0.253 e. The molecule has 0 spiro atoms. The number of methoxy groups -OCH3 is 1. The van der Waals surface area contributed by atoms with E-state index in [1.54, 1.807) is 0 Å². The molecule has 0 amide bonds. The van der Waals surface area contributed by atoms with Crippen LogP contribution >= 0.6 is 0 Å². The Bertz CT molecular complexity index is 465. The summed E-state index contributed by atoms with van der Waals surface area (Å²) in [5, 5.41) is 11.1. The highest BCUT2D eigenvalue weighted by Gasteiger charge is 2.06. The highest BCUT2D eigenvalue weighted by molar-refractivity contribution is 7.90. The van der Waals surface area contributed by atoms with Crippen LogP contribution in [0.15, 0.2) is 40.2 Å². The fraction of sp³-hybridized carbons (Fsp3) is 0.300. The van der Waals surface area contributed by atoms with Crippen molar-refractivity contribution in [2.45, 2.75) is 6.92 Å². The van der Waals surface area contributed by atoms with E-state index in [1.807, 2.05) is 0 Å². The number of rotatable bonds is 3. The van der Waals surface area contributed by atoms with Gasteiger partial charge in [0.15, 0.2) is 0 Å². The second kappa shape index (κ2) is 4.98. The molecule has 0 radical (unpaired) electrons. The van der Waals surface area contributed by atoms with Gasteiger partial charge in [-0.1, -0.05) is 12.2 Å². The van der Waals surface area contributed by atoms with Gasteiger partial charge in [-0.2, -0.15) is 4.40 Å². The molecule has 0 saturated carbocycles. The van der Waals surface area contributed by atoms with E-state index < -0.39 is 16.0 Å². The van der Waals surface area contributed by atoms with Gasteiger partial charge in [-0.15, -0.1) is 0 Å². The van der Waals surface area contributed by atoms with Crippen molar-refractivity contribution in [3.63, 3.8) is 0 Å². The molecule has 0 aromatic heterocycles. The molecule has 1 rings (SSSR count). The molecule has 0 bridgehead atoms. The molecule has 0 aromatic carbocycles. The molecule has 6 heteroatoms. The van der Waals surface area contributed by atoms with Crippen molar-refractivity contribution in [3.8, 4) is 0 Å². The fourth-order valence-electron chi connectivity index (χ4n) is 1.00. The summed E-state index contributed by atoms with van der Waals surface area (Å²) in [6.45, 7) is 1.52. The van der Waals surface area contributed by atoms with Gasteiger partial charge < -0.3 is 9.84 Å². The van der Waals surface area contributed by atoms with E-state index in [4.69, 9.17) is 0 Å². The first-order valence-electron chi connectivity index (χ1n) is 4.62. The predicted octanol–water partition coefficient (Wildman–Crippen LogP) is 0.121. The third-order valence-electron chi connectivity index (χ3n) is 1.90. The molecular weight excluding hydrogens is 230 g/mol. The maximum absolute atomic E-state index is 11.2. The lowest BCUT2D eigenvalue weighted by Gasteiger charge is -2.13. The summed E-state index contributed by atoms with van der Waals surface area (Å²) in [5.41, 5.74) is 0.657. The van der Waals surface area contributed by atoms with Gasteiger partial charge in [-0.25, -0.2) is 8.42 Å². The topological polar surface area (TPSA) is 78.8 Å². The molecular formula is C10H12NO4S-. The zero-order valence-corrected chi connectivity index (χ0v) is 9.82. The summed E-state index contributed by atoms with van der Waals surface area (Å²) in [4.78, 5) is 0. The molecule has 16 heavy (non-hydrogen) atoms. The summed E-state index contributed by atoms with van der Waals surface area (Å²) >= 11 is 0. The Morgan fingerprint density at radius 1 is 1.38 bits per heavy atom. The normalized spacial score (nSPS) is 15.1. The monoisotopic (exact) mass is 242 g/mol. The summed E-state index contributed by atoms with van der Waals surface area (Å²) in [5.74, 6) is -0.518. The maximum atomic E-state index is 11.2. The van der Waals surface area contributed by atoms with E-state index in [2.05, 4.69) is 9.13 Å². The SMILES string of the molecule is CCS(=O)(=O)N=C1C=CC(=C([O-])OC)C=C1. The van der Waals surface area contributed by atoms with Crippen molar-refractivity contribution >= 4 is 15.7 Å². The van der Waals surface area contributed by atoms with Crippen LogP contribution in [0.25, 0.3) is 0 Å². The van der Waals surface area contributed by atoms with Gasteiger partial charge in [0.1, 0.15) is 0 Å². The minimum absolute atomic E-state index is 0.0498. The van der Waals surface area contributed by atoms with Crippen molar-refractivity contribution in [2.75, 3.05) is 12.9 Å². The molecule has 88 valence electrons. The first-order chi connectivity index (χ1) is 7.48. The number of hydrogen-bond donors (Lipinski definition) is 0. The average Bonchev–Trinajstić information content (AvgIpc) is 2.28. The minimum atomic E-state index is -3.40. The van der Waals surface area contributed by atoms with E-state index in [1.165, 1.54) is 38.3 Å². The lowest BCUT2D eigenvalue weighted by atomic mass is 10.1. The largest absolute Gasteiger partial charge is 0.616 e. The van der Waals surface area contributed by atoms with E-state index in [0.717, 1.165) is 0 Å². The van der Waals surface area contributed by atoms with Crippen LogP contribution < -0.4 is 5.11 Å². The van der Waals surface area contributed by atoms with Gasteiger partial charge in [0.25, 0.3) is 10.0 Å². The first kappa shape index (κ1) is 12.5. The molecule has 5 nitrogen and oxygen atoms in total. The number of sulfonamides is 1. The first-order valence-corrected chi connectivity index (χ1v) is 6.23. The van der Waals surface area contributed by atoms with Gasteiger partial charge in [-0.05, 0) is 31.8 Å². The maximum Gasteiger partial charge on any atom is 0.253 e. The van der Waals surface area contributed by atoms with Crippen molar-refractivity contribution in [1.29, 1.82) is 0 Å². The Balaban J connectivity index is 2.95. The Kier molecular flexibility index (Phi) is 3.89. The van der Waals surface area contributed by atoms with Crippen LogP contribution in [-0.4, -0.2) is 27.0 Å². The van der Waals surface area contributed by atoms with E-state index >= 15 is 0 Å². The Morgan fingerprint density at radius 3 is 2.38 bits per heavy atom. The Morgan fingerprint density at radius 2 is 1.94 bits per heavy atom. The fourth-order valence-corrected chi connectivity index (χ4v) is 1.57. The van der Waals surface area contributed by atoms with Crippen LogP contribution in [-0.2, 0) is 14.8 Å². The van der Waals surface area contributed by atoms with Crippen molar-refractivity contribution in [1.82, 2.24) is 0 Å². The molecule has 0 fully saturated rings. The van der Waals surface area contributed by atoms with Crippen LogP contribution in [0.1, 0.15) is 6.92 Å². The highest BCUT2D eigenvalue weighted by Crippen LogP contribution is 2.10. The number of allylic oxidation sites excluding steroid dienone is 5. The van der Waals surface area contributed by atoms with Crippen molar-refractivity contribution < 1.29 is 18.3 Å². The van der Waals surface area contributed by atoms with Gasteiger partial charge in [0.2, 0.25) is 0 Å². The van der Waals surface area contributed by atoms with E-state index in [0.29, 0.717) is 11.3 Å². The van der Waals surface area contributed by atoms with Gasteiger partial charge >= 0.3 is 0 Å². The molecule has 0 saturated heterocycles. The molecule has 1 aliphatic carbocycles. The summed E-state index contributed by atoms with van der Waals surface area (Å²) in [6, 6.07) is 0. The van der Waals surface area contributed by atoms with Crippen LogP contribution in [0.3, 0.4) is 0 Å². The van der Waals surface area contributed by atoms with Crippen molar-refractivity contribution in [2.24, 2.45) is 4.40 Å². The molecule has 0 unspecified atom stereocenters. The third kappa shape index (κ3) is 3.23. The summed E-state index contributed by atoms with van der Waals surface area (Å²) in [7, 11) is -2.12. The molecule has 0 aromatic rings. The van der Waals surface area contributed by atoms with E-state index in [9.17, 15) is 13.5 Å². The Labute approximate surface area is 94.5 Å². The molecule has 0 heterocycles. The quantitative estimate of drug-likeness (QED) is 0.658. The van der Waals surface area contributed by atoms with Crippen LogP contribution in [0.5, 0.6) is 0 Å². The van der Waals surface area contributed by atoms with Crippen molar-refractivity contribution in [3.05, 3.63) is 35.8 Å². The molecule has 0 N–H and O–H groups in total. The molecule has 0 atom stereocenters. The molecule has 1 aliphatic rings. The predicted molar refractivity (Wildman–Crippen MR) is 59.2 cm³/mol. The summed E-state index contributed by atoms with van der Waals surface area (Å²) in [6.07, 6.45) is 5.85. The Hall–Kier alpha value is -1.56. The minimum Gasteiger partial charge on any atom is -0.616 e. The average molecular weight is 242 g/mol. The summed E-state index contributed by atoms with van der Waals surface area (Å²) < 4.78 is 30.4. The second-order valence-electron chi connectivity index (χ2n) is 3.00. The number of nitrogens with zero attached hydrogens (tertiary/aromatic N) is 1. The second-order valence-corrected chi connectivity index (χ2v) is 4.92.